The Morgan fingerprint density at radius 2 is 1.96 bits per heavy atom. The Hall–Kier alpha value is -2.25. The van der Waals surface area contributed by atoms with Gasteiger partial charge in [0.2, 0.25) is 0 Å². The summed E-state index contributed by atoms with van der Waals surface area (Å²) in [5.41, 5.74) is 3.35. The molecular weight excluding hydrogens is 331 g/mol. The van der Waals surface area contributed by atoms with Crippen LogP contribution in [0, 0.1) is 5.82 Å². The van der Waals surface area contributed by atoms with E-state index in [9.17, 15) is 4.39 Å². The number of benzene rings is 1. The number of thiazole rings is 1. The first-order valence-corrected chi connectivity index (χ1v) is 8.95. The van der Waals surface area contributed by atoms with Gasteiger partial charge >= 0.3 is 0 Å². The number of rotatable bonds is 3. The highest BCUT2D eigenvalue weighted by Gasteiger charge is 2.18. The lowest BCUT2D eigenvalue weighted by Gasteiger charge is -2.05. The van der Waals surface area contributed by atoms with Crippen molar-refractivity contribution in [2.24, 2.45) is 0 Å². The third kappa shape index (κ3) is 2.51. The van der Waals surface area contributed by atoms with E-state index in [1.165, 1.54) is 23.9 Å². The van der Waals surface area contributed by atoms with E-state index in [0.717, 1.165) is 27.6 Å². The summed E-state index contributed by atoms with van der Waals surface area (Å²) in [4.78, 5) is 14.4. The molecule has 4 aromatic rings. The fraction of sp³-hybridized carbons (Fsp3) is 0.0625. The molecule has 0 aliphatic rings. The number of halogens is 1. The molecule has 3 aromatic heterocycles. The average Bonchev–Trinajstić information content (AvgIpc) is 3.16. The summed E-state index contributed by atoms with van der Waals surface area (Å²) in [6.45, 7) is 0. The summed E-state index contributed by atoms with van der Waals surface area (Å²) >= 11 is 3.05. The van der Waals surface area contributed by atoms with Gasteiger partial charge in [0.25, 0.3) is 0 Å². The Balaban J connectivity index is 1.98. The van der Waals surface area contributed by atoms with Gasteiger partial charge in [-0.2, -0.15) is 0 Å². The zero-order chi connectivity index (χ0) is 15.8. The molecule has 0 radical (unpaired) electrons. The topological polar surface area (TPSA) is 43.1 Å². The maximum Gasteiger partial charge on any atom is 0.194 e. The maximum absolute atomic E-state index is 13.2. The van der Waals surface area contributed by atoms with E-state index in [2.05, 4.69) is 9.97 Å². The molecule has 0 spiro atoms. The highest BCUT2D eigenvalue weighted by Crippen LogP contribution is 2.33. The van der Waals surface area contributed by atoms with Gasteiger partial charge < -0.3 is 0 Å². The number of thioether (sulfide) groups is 1. The van der Waals surface area contributed by atoms with Crippen LogP contribution in [0.4, 0.5) is 4.39 Å². The Labute approximate surface area is 140 Å². The Morgan fingerprint density at radius 3 is 2.74 bits per heavy atom. The standard InChI is InChI=1S/C16H11FN4S2/c1-22-15-18-7-6-12(19-15)14-13(10-2-4-11(17)5-3-10)20-16-21(14)8-9-23-16/h2-9H,1H3. The first kappa shape index (κ1) is 14.3. The van der Waals surface area contributed by atoms with E-state index >= 15 is 0 Å². The first-order chi connectivity index (χ1) is 11.3. The molecule has 0 aliphatic heterocycles. The van der Waals surface area contributed by atoms with Crippen LogP contribution in [0.3, 0.4) is 0 Å². The van der Waals surface area contributed by atoms with Crippen molar-refractivity contribution in [1.29, 1.82) is 0 Å². The maximum atomic E-state index is 13.2. The number of hydrogen-bond donors (Lipinski definition) is 0. The van der Waals surface area contributed by atoms with E-state index in [-0.39, 0.29) is 5.82 Å². The van der Waals surface area contributed by atoms with Gasteiger partial charge in [-0.1, -0.05) is 11.8 Å². The van der Waals surface area contributed by atoms with Crippen molar-refractivity contribution in [2.45, 2.75) is 5.16 Å². The van der Waals surface area contributed by atoms with Crippen molar-refractivity contribution in [2.75, 3.05) is 6.26 Å². The first-order valence-electron chi connectivity index (χ1n) is 6.85. The number of fused-ring (bicyclic) bond motifs is 1. The number of imidazole rings is 1. The zero-order valence-corrected chi connectivity index (χ0v) is 13.7. The monoisotopic (exact) mass is 342 g/mol. The third-order valence-electron chi connectivity index (χ3n) is 3.44. The minimum atomic E-state index is -0.261. The molecule has 7 heteroatoms. The van der Waals surface area contributed by atoms with Gasteiger partial charge in [-0.3, -0.25) is 4.40 Å². The number of hydrogen-bond acceptors (Lipinski definition) is 5. The van der Waals surface area contributed by atoms with E-state index in [0.29, 0.717) is 5.16 Å². The number of aromatic nitrogens is 4. The highest BCUT2D eigenvalue weighted by atomic mass is 32.2. The number of nitrogens with zero attached hydrogens (tertiary/aromatic N) is 4. The molecule has 0 bridgehead atoms. The van der Waals surface area contributed by atoms with Gasteiger partial charge in [0.15, 0.2) is 10.1 Å². The van der Waals surface area contributed by atoms with Crippen molar-refractivity contribution in [1.82, 2.24) is 19.4 Å². The fourth-order valence-electron chi connectivity index (χ4n) is 2.41. The van der Waals surface area contributed by atoms with Gasteiger partial charge in [-0.25, -0.2) is 19.3 Å². The second-order valence-electron chi connectivity index (χ2n) is 4.80. The van der Waals surface area contributed by atoms with Crippen LogP contribution in [0.5, 0.6) is 0 Å². The summed E-state index contributed by atoms with van der Waals surface area (Å²) in [6.07, 6.45) is 5.65. The highest BCUT2D eigenvalue weighted by molar-refractivity contribution is 7.98. The van der Waals surface area contributed by atoms with E-state index in [1.807, 2.05) is 28.3 Å². The largest absolute Gasteiger partial charge is 0.288 e. The zero-order valence-electron chi connectivity index (χ0n) is 12.1. The second-order valence-corrected chi connectivity index (χ2v) is 6.45. The van der Waals surface area contributed by atoms with Crippen molar-refractivity contribution < 1.29 is 4.39 Å². The molecule has 0 saturated heterocycles. The molecule has 1 aromatic carbocycles. The van der Waals surface area contributed by atoms with E-state index in [1.54, 1.807) is 29.7 Å². The summed E-state index contributed by atoms with van der Waals surface area (Å²) in [5, 5.41) is 2.69. The summed E-state index contributed by atoms with van der Waals surface area (Å²) in [7, 11) is 0. The van der Waals surface area contributed by atoms with Crippen molar-refractivity contribution in [3.63, 3.8) is 0 Å². The molecular formula is C16H11FN4S2. The molecule has 4 nitrogen and oxygen atoms in total. The molecule has 0 atom stereocenters. The Morgan fingerprint density at radius 1 is 1.13 bits per heavy atom. The molecule has 0 aliphatic carbocycles. The van der Waals surface area contributed by atoms with Crippen molar-refractivity contribution in [3.8, 4) is 22.6 Å². The van der Waals surface area contributed by atoms with E-state index in [4.69, 9.17) is 4.98 Å². The third-order valence-corrected chi connectivity index (χ3v) is 4.76. The second kappa shape index (κ2) is 5.75. The predicted molar refractivity (Wildman–Crippen MR) is 91.3 cm³/mol. The van der Waals surface area contributed by atoms with Crippen LogP contribution in [-0.2, 0) is 0 Å². The van der Waals surface area contributed by atoms with Crippen LogP contribution >= 0.6 is 23.1 Å². The molecule has 3 heterocycles. The van der Waals surface area contributed by atoms with Crippen LogP contribution in [0.15, 0.2) is 53.3 Å². The van der Waals surface area contributed by atoms with Gasteiger partial charge in [-0.05, 0) is 36.6 Å². The summed E-state index contributed by atoms with van der Waals surface area (Å²) < 4.78 is 15.2. The Kier molecular flexibility index (Phi) is 3.59. The molecule has 0 fully saturated rings. The van der Waals surface area contributed by atoms with Gasteiger partial charge in [0, 0.05) is 23.3 Å². The quantitative estimate of drug-likeness (QED) is 0.409. The minimum Gasteiger partial charge on any atom is -0.288 e. The lowest BCUT2D eigenvalue weighted by atomic mass is 10.1. The lowest BCUT2D eigenvalue weighted by Crippen LogP contribution is -1.93. The van der Waals surface area contributed by atoms with Crippen LogP contribution < -0.4 is 0 Å². The molecule has 114 valence electrons. The molecule has 0 amide bonds. The lowest BCUT2D eigenvalue weighted by molar-refractivity contribution is 0.628. The van der Waals surface area contributed by atoms with Crippen LogP contribution in [0.2, 0.25) is 0 Å². The smallest absolute Gasteiger partial charge is 0.194 e. The molecule has 0 unspecified atom stereocenters. The van der Waals surface area contributed by atoms with Gasteiger partial charge in [0.05, 0.1) is 11.4 Å². The fourth-order valence-corrected chi connectivity index (χ4v) is 3.48. The van der Waals surface area contributed by atoms with Crippen LogP contribution in [0.1, 0.15) is 0 Å². The van der Waals surface area contributed by atoms with Gasteiger partial charge in [0.1, 0.15) is 11.5 Å². The van der Waals surface area contributed by atoms with Crippen LogP contribution in [-0.4, -0.2) is 25.6 Å². The molecule has 0 N–H and O–H groups in total. The van der Waals surface area contributed by atoms with Gasteiger partial charge in [-0.15, -0.1) is 11.3 Å². The minimum absolute atomic E-state index is 0.261. The summed E-state index contributed by atoms with van der Waals surface area (Å²) in [5.74, 6) is -0.261. The predicted octanol–water partition coefficient (Wildman–Crippen LogP) is 4.38. The SMILES string of the molecule is CSc1nccc(-c2c(-c3ccc(F)cc3)nc3sccn23)n1. The summed E-state index contributed by atoms with van der Waals surface area (Å²) in [6, 6.07) is 8.23. The van der Waals surface area contributed by atoms with Crippen molar-refractivity contribution >= 4 is 28.1 Å². The average molecular weight is 342 g/mol. The van der Waals surface area contributed by atoms with Crippen LogP contribution in [0.25, 0.3) is 27.6 Å². The van der Waals surface area contributed by atoms with Crippen molar-refractivity contribution in [3.05, 3.63) is 53.9 Å². The molecule has 4 rings (SSSR count). The molecule has 23 heavy (non-hydrogen) atoms. The normalized spacial score (nSPS) is 11.2. The van der Waals surface area contributed by atoms with E-state index < -0.39 is 0 Å². The Bertz CT molecular complexity index is 975. The molecule has 0 saturated carbocycles.